The van der Waals surface area contributed by atoms with Gasteiger partial charge in [0.1, 0.15) is 5.78 Å². The molecule has 0 fully saturated rings. The maximum Gasteiger partial charge on any atom is 0.146 e. The molecule has 3 nitrogen and oxygen atoms in total. The van der Waals surface area contributed by atoms with Gasteiger partial charge in [0, 0.05) is 6.54 Å². The lowest BCUT2D eigenvalue weighted by Crippen LogP contribution is -2.30. The van der Waals surface area contributed by atoms with Crippen LogP contribution < -0.4 is 11.5 Å². The number of ketones is 1. The van der Waals surface area contributed by atoms with Crippen molar-refractivity contribution in [2.45, 2.75) is 25.9 Å². The van der Waals surface area contributed by atoms with E-state index < -0.39 is 6.04 Å². The first kappa shape index (κ1) is 10.9. The number of Topliss-reactive ketones (excluding diaryl/α,β-unsaturated/α-hetero) is 1. The van der Waals surface area contributed by atoms with Gasteiger partial charge >= 0.3 is 0 Å². The highest BCUT2D eigenvalue weighted by Crippen LogP contribution is 2.06. The largest absolute Gasteiger partial charge is 0.326 e. The molecule has 0 spiro atoms. The zero-order chi connectivity index (χ0) is 10.6. The van der Waals surface area contributed by atoms with Crippen molar-refractivity contribution in [1.29, 1.82) is 0 Å². The number of carbonyl (C=O) groups is 1. The van der Waals surface area contributed by atoms with Gasteiger partial charge in [0.15, 0.2) is 0 Å². The Morgan fingerprint density at radius 2 is 1.79 bits per heavy atom. The first-order valence-corrected chi connectivity index (χ1v) is 4.67. The third kappa shape index (κ3) is 2.94. The minimum atomic E-state index is -0.390. The number of hydrogen-bond acceptors (Lipinski definition) is 3. The summed E-state index contributed by atoms with van der Waals surface area (Å²) in [6, 6.07) is 7.46. The van der Waals surface area contributed by atoms with Crippen LogP contribution in [0.4, 0.5) is 0 Å². The average Bonchev–Trinajstić information content (AvgIpc) is 2.19. The van der Waals surface area contributed by atoms with Gasteiger partial charge in [0.2, 0.25) is 0 Å². The smallest absolute Gasteiger partial charge is 0.146 e. The monoisotopic (exact) mass is 192 g/mol. The molecule has 0 radical (unpaired) electrons. The van der Waals surface area contributed by atoms with Crippen molar-refractivity contribution in [3.8, 4) is 0 Å². The van der Waals surface area contributed by atoms with Gasteiger partial charge in [-0.3, -0.25) is 4.79 Å². The molecule has 0 aromatic heterocycles. The third-order valence-corrected chi connectivity index (χ3v) is 2.24. The molecule has 1 aromatic rings. The maximum absolute atomic E-state index is 10.9. The lowest BCUT2D eigenvalue weighted by atomic mass is 10.0. The minimum Gasteiger partial charge on any atom is -0.326 e. The first-order chi connectivity index (χ1) is 6.63. The zero-order valence-corrected chi connectivity index (χ0v) is 8.36. The highest BCUT2D eigenvalue weighted by Gasteiger charge is 2.08. The van der Waals surface area contributed by atoms with E-state index in [4.69, 9.17) is 11.5 Å². The van der Waals surface area contributed by atoms with Crippen molar-refractivity contribution in [3.63, 3.8) is 0 Å². The number of carbonyl (C=O) groups excluding carboxylic acids is 1. The lowest BCUT2D eigenvalue weighted by molar-refractivity contribution is -0.118. The van der Waals surface area contributed by atoms with Gasteiger partial charge in [0.25, 0.3) is 0 Å². The Morgan fingerprint density at radius 3 is 2.21 bits per heavy atom. The van der Waals surface area contributed by atoms with Crippen LogP contribution in [-0.4, -0.2) is 11.8 Å². The third-order valence-electron chi connectivity index (χ3n) is 2.24. The summed E-state index contributed by atoms with van der Waals surface area (Å²) in [7, 11) is 0. The van der Waals surface area contributed by atoms with Crippen molar-refractivity contribution >= 4 is 5.78 Å². The fourth-order valence-corrected chi connectivity index (χ4v) is 1.21. The van der Waals surface area contributed by atoms with E-state index in [1.807, 2.05) is 24.3 Å². The van der Waals surface area contributed by atoms with E-state index in [9.17, 15) is 4.79 Å². The van der Waals surface area contributed by atoms with Crippen molar-refractivity contribution in [3.05, 3.63) is 35.4 Å². The van der Waals surface area contributed by atoms with E-state index in [1.54, 1.807) is 0 Å². The van der Waals surface area contributed by atoms with Crippen LogP contribution in [0.15, 0.2) is 24.3 Å². The second-order valence-corrected chi connectivity index (χ2v) is 3.44. The van der Waals surface area contributed by atoms with Crippen LogP contribution in [0, 0.1) is 0 Å². The van der Waals surface area contributed by atoms with Gasteiger partial charge < -0.3 is 11.5 Å². The van der Waals surface area contributed by atoms with Crippen molar-refractivity contribution in [2.24, 2.45) is 11.5 Å². The van der Waals surface area contributed by atoms with Crippen LogP contribution in [0.25, 0.3) is 0 Å². The van der Waals surface area contributed by atoms with E-state index in [0.717, 1.165) is 11.1 Å². The molecule has 0 bridgehead atoms. The molecule has 3 heteroatoms. The molecule has 0 heterocycles. The Hall–Kier alpha value is -1.19. The van der Waals surface area contributed by atoms with Crippen LogP contribution in [0.1, 0.15) is 18.1 Å². The average molecular weight is 192 g/mol. The molecule has 0 saturated carbocycles. The molecule has 1 atom stereocenters. The summed E-state index contributed by atoms with van der Waals surface area (Å²) in [6.07, 6.45) is 0.597. The van der Waals surface area contributed by atoms with Gasteiger partial charge in [-0.15, -0.1) is 0 Å². The van der Waals surface area contributed by atoms with Gasteiger partial charge in [-0.05, 0) is 24.5 Å². The van der Waals surface area contributed by atoms with E-state index in [-0.39, 0.29) is 5.78 Å². The molecule has 4 N–H and O–H groups in total. The van der Waals surface area contributed by atoms with Crippen LogP contribution in [-0.2, 0) is 17.8 Å². The summed E-state index contributed by atoms with van der Waals surface area (Å²) < 4.78 is 0. The van der Waals surface area contributed by atoms with E-state index in [2.05, 4.69) is 0 Å². The molecule has 0 unspecified atom stereocenters. The summed E-state index contributed by atoms with van der Waals surface area (Å²) >= 11 is 0. The molecule has 0 saturated heterocycles. The number of nitrogens with two attached hydrogens (primary N) is 2. The van der Waals surface area contributed by atoms with Crippen molar-refractivity contribution in [2.75, 3.05) is 0 Å². The van der Waals surface area contributed by atoms with Crippen LogP contribution in [0.3, 0.4) is 0 Å². The Kier molecular flexibility index (Phi) is 3.80. The molecule has 0 aliphatic heterocycles. The standard InChI is InChI=1S/C11H16N2O/c1-8(14)11(13)6-9-2-4-10(7-12)5-3-9/h2-5,11H,6-7,12-13H2,1H3/t11-/m0/s1. The van der Waals surface area contributed by atoms with Crippen molar-refractivity contribution < 1.29 is 4.79 Å². The fourth-order valence-electron chi connectivity index (χ4n) is 1.21. The lowest BCUT2D eigenvalue weighted by Gasteiger charge is -2.07. The zero-order valence-electron chi connectivity index (χ0n) is 8.36. The number of hydrogen-bond donors (Lipinski definition) is 2. The predicted molar refractivity (Wildman–Crippen MR) is 56.7 cm³/mol. The highest BCUT2D eigenvalue weighted by molar-refractivity contribution is 5.81. The summed E-state index contributed by atoms with van der Waals surface area (Å²) in [4.78, 5) is 10.9. The summed E-state index contributed by atoms with van der Waals surface area (Å²) in [5.41, 5.74) is 13.3. The molecule has 0 aliphatic rings. The Balaban J connectivity index is 2.64. The fraction of sp³-hybridized carbons (Fsp3) is 0.364. The van der Waals surface area contributed by atoms with Gasteiger partial charge in [-0.25, -0.2) is 0 Å². The molecule has 0 amide bonds. The number of rotatable bonds is 4. The van der Waals surface area contributed by atoms with Crippen LogP contribution in [0.2, 0.25) is 0 Å². The predicted octanol–water partition coefficient (Wildman–Crippen LogP) is 0.604. The molecule has 76 valence electrons. The minimum absolute atomic E-state index is 0.0212. The van der Waals surface area contributed by atoms with E-state index >= 15 is 0 Å². The maximum atomic E-state index is 10.9. The molecular weight excluding hydrogens is 176 g/mol. The van der Waals surface area contributed by atoms with E-state index in [1.165, 1.54) is 6.92 Å². The summed E-state index contributed by atoms with van der Waals surface area (Å²) in [6.45, 7) is 2.05. The van der Waals surface area contributed by atoms with Crippen molar-refractivity contribution in [1.82, 2.24) is 0 Å². The van der Waals surface area contributed by atoms with Gasteiger partial charge in [-0.2, -0.15) is 0 Å². The Morgan fingerprint density at radius 1 is 1.29 bits per heavy atom. The molecular formula is C11H16N2O. The van der Waals surface area contributed by atoms with Crippen LogP contribution in [0.5, 0.6) is 0 Å². The molecule has 14 heavy (non-hydrogen) atoms. The second kappa shape index (κ2) is 4.88. The second-order valence-electron chi connectivity index (χ2n) is 3.44. The van der Waals surface area contributed by atoms with Gasteiger partial charge in [0.05, 0.1) is 6.04 Å². The summed E-state index contributed by atoms with van der Waals surface area (Å²) in [5, 5.41) is 0. The first-order valence-electron chi connectivity index (χ1n) is 4.67. The van der Waals surface area contributed by atoms with E-state index in [0.29, 0.717) is 13.0 Å². The Labute approximate surface area is 84.1 Å². The summed E-state index contributed by atoms with van der Waals surface area (Å²) in [5.74, 6) is 0.0212. The number of benzene rings is 1. The molecule has 1 aromatic carbocycles. The normalized spacial score (nSPS) is 12.5. The topological polar surface area (TPSA) is 69.1 Å². The van der Waals surface area contributed by atoms with Crippen LogP contribution >= 0.6 is 0 Å². The quantitative estimate of drug-likeness (QED) is 0.734. The molecule has 1 rings (SSSR count). The highest BCUT2D eigenvalue weighted by atomic mass is 16.1. The SMILES string of the molecule is CC(=O)[C@@H](N)Cc1ccc(CN)cc1. The van der Waals surface area contributed by atoms with Gasteiger partial charge in [-0.1, -0.05) is 24.3 Å². The Bertz CT molecular complexity index is 306. The molecule has 0 aliphatic carbocycles.